The Labute approximate surface area is 148 Å². The Morgan fingerprint density at radius 1 is 1.25 bits per heavy atom. The standard InChI is InChI=1S/C16H15BrFNO4S/c1-23-16(20)15(11-5-3-2-4-6-11)19-24(21,22)10-12-7-8-13(17)9-14(12)18/h2-9,15,19H,10H2,1H3/t15-/m0/s1. The average Bonchev–Trinajstić information content (AvgIpc) is 2.55. The van der Waals surface area contributed by atoms with Crippen LogP contribution in [0.3, 0.4) is 0 Å². The van der Waals surface area contributed by atoms with Gasteiger partial charge in [0.25, 0.3) is 0 Å². The van der Waals surface area contributed by atoms with Crippen molar-refractivity contribution in [3.8, 4) is 0 Å². The normalized spacial score (nSPS) is 12.6. The number of hydrogen-bond acceptors (Lipinski definition) is 4. The van der Waals surface area contributed by atoms with Gasteiger partial charge in [-0.05, 0) is 17.7 Å². The van der Waals surface area contributed by atoms with Gasteiger partial charge in [-0.25, -0.2) is 17.6 Å². The highest BCUT2D eigenvalue weighted by atomic mass is 79.9. The van der Waals surface area contributed by atoms with E-state index in [-0.39, 0.29) is 5.56 Å². The van der Waals surface area contributed by atoms with E-state index in [1.54, 1.807) is 36.4 Å². The van der Waals surface area contributed by atoms with Crippen molar-refractivity contribution >= 4 is 31.9 Å². The second kappa shape index (κ2) is 7.87. The predicted octanol–water partition coefficient (Wildman–Crippen LogP) is 2.92. The second-order valence-corrected chi connectivity index (χ2v) is 7.65. The van der Waals surface area contributed by atoms with Gasteiger partial charge >= 0.3 is 5.97 Å². The third-order valence-electron chi connectivity index (χ3n) is 3.23. The molecule has 0 unspecified atom stereocenters. The molecule has 1 N–H and O–H groups in total. The van der Waals surface area contributed by atoms with Crippen LogP contribution in [0.5, 0.6) is 0 Å². The first-order valence-electron chi connectivity index (χ1n) is 6.89. The number of carbonyl (C=O) groups excluding carboxylic acids is 1. The Kier molecular flexibility index (Phi) is 6.09. The third-order valence-corrected chi connectivity index (χ3v) is 5.01. The van der Waals surface area contributed by atoms with Gasteiger partial charge in [0.05, 0.1) is 12.9 Å². The van der Waals surface area contributed by atoms with Crippen molar-refractivity contribution in [2.45, 2.75) is 11.8 Å². The van der Waals surface area contributed by atoms with Crippen LogP contribution in [-0.4, -0.2) is 21.5 Å². The molecule has 0 aliphatic rings. The highest BCUT2D eigenvalue weighted by Crippen LogP contribution is 2.20. The molecule has 128 valence electrons. The minimum absolute atomic E-state index is 0.00220. The Morgan fingerprint density at radius 2 is 1.92 bits per heavy atom. The fourth-order valence-electron chi connectivity index (χ4n) is 2.08. The van der Waals surface area contributed by atoms with Crippen LogP contribution in [0, 0.1) is 5.82 Å². The number of rotatable bonds is 6. The lowest BCUT2D eigenvalue weighted by molar-refractivity contribution is -0.142. The molecule has 5 nitrogen and oxygen atoms in total. The first-order valence-corrected chi connectivity index (χ1v) is 9.33. The van der Waals surface area contributed by atoms with E-state index in [1.165, 1.54) is 19.2 Å². The van der Waals surface area contributed by atoms with Crippen LogP contribution in [-0.2, 0) is 25.3 Å². The van der Waals surface area contributed by atoms with Gasteiger partial charge in [0, 0.05) is 10.0 Å². The van der Waals surface area contributed by atoms with Crippen LogP contribution >= 0.6 is 15.9 Å². The summed E-state index contributed by atoms with van der Waals surface area (Å²) in [5.74, 6) is -1.99. The summed E-state index contributed by atoms with van der Waals surface area (Å²) >= 11 is 3.11. The van der Waals surface area contributed by atoms with Gasteiger partial charge < -0.3 is 4.74 Å². The maximum atomic E-state index is 13.9. The highest BCUT2D eigenvalue weighted by Gasteiger charge is 2.27. The average molecular weight is 416 g/mol. The molecule has 2 rings (SSSR count). The molecule has 0 saturated heterocycles. The fraction of sp³-hybridized carbons (Fsp3) is 0.188. The molecule has 2 aromatic carbocycles. The van der Waals surface area contributed by atoms with Crippen molar-refractivity contribution in [2.75, 3.05) is 7.11 Å². The summed E-state index contributed by atoms with van der Waals surface area (Å²) < 4.78 is 46.0. The Bertz CT molecular complexity index is 827. The molecule has 0 radical (unpaired) electrons. The molecular weight excluding hydrogens is 401 g/mol. The van der Waals surface area contributed by atoms with Gasteiger partial charge in [-0.1, -0.05) is 52.3 Å². The van der Waals surface area contributed by atoms with Crippen LogP contribution in [0.15, 0.2) is 53.0 Å². The summed E-state index contributed by atoms with van der Waals surface area (Å²) in [4.78, 5) is 11.9. The molecule has 0 fully saturated rings. The van der Waals surface area contributed by atoms with Crippen LogP contribution in [0.1, 0.15) is 17.2 Å². The van der Waals surface area contributed by atoms with E-state index in [2.05, 4.69) is 25.4 Å². The second-order valence-electron chi connectivity index (χ2n) is 4.98. The third kappa shape index (κ3) is 4.86. The van der Waals surface area contributed by atoms with E-state index in [4.69, 9.17) is 0 Å². The molecule has 0 bridgehead atoms. The molecule has 8 heteroatoms. The summed E-state index contributed by atoms with van der Waals surface area (Å²) in [6.45, 7) is 0. The highest BCUT2D eigenvalue weighted by molar-refractivity contribution is 9.10. The molecule has 24 heavy (non-hydrogen) atoms. The molecule has 0 aliphatic heterocycles. The number of nitrogens with one attached hydrogen (secondary N) is 1. The molecular formula is C16H15BrFNO4S. The largest absolute Gasteiger partial charge is 0.468 e. The molecule has 0 aromatic heterocycles. The Morgan fingerprint density at radius 3 is 2.50 bits per heavy atom. The number of methoxy groups -OCH3 is 1. The summed E-state index contributed by atoms with van der Waals surface area (Å²) in [7, 11) is -2.81. The molecule has 1 atom stereocenters. The number of sulfonamides is 1. The smallest absolute Gasteiger partial charge is 0.328 e. The van der Waals surface area contributed by atoms with Crippen LogP contribution < -0.4 is 4.72 Å². The van der Waals surface area contributed by atoms with Crippen LogP contribution in [0.2, 0.25) is 0 Å². The fourth-order valence-corrected chi connectivity index (χ4v) is 3.73. The topological polar surface area (TPSA) is 72.5 Å². The van der Waals surface area contributed by atoms with Crippen LogP contribution in [0.25, 0.3) is 0 Å². The van der Waals surface area contributed by atoms with Gasteiger partial charge in [0.15, 0.2) is 0 Å². The SMILES string of the molecule is COC(=O)[C@@H](NS(=O)(=O)Cc1ccc(Br)cc1F)c1ccccc1. The number of halogens is 2. The van der Waals surface area contributed by atoms with Crippen molar-refractivity contribution in [1.29, 1.82) is 0 Å². The quantitative estimate of drug-likeness (QED) is 0.736. The zero-order valence-corrected chi connectivity index (χ0v) is 15.1. The van der Waals surface area contributed by atoms with Crippen molar-refractivity contribution in [2.24, 2.45) is 0 Å². The molecule has 0 spiro atoms. The maximum absolute atomic E-state index is 13.9. The number of ether oxygens (including phenoxy) is 1. The monoisotopic (exact) mass is 415 g/mol. The first kappa shape index (κ1) is 18.6. The zero-order valence-electron chi connectivity index (χ0n) is 12.7. The van der Waals surface area contributed by atoms with Crippen molar-refractivity contribution in [3.05, 3.63) is 69.9 Å². The molecule has 0 saturated carbocycles. The predicted molar refractivity (Wildman–Crippen MR) is 91.1 cm³/mol. The van der Waals surface area contributed by atoms with E-state index >= 15 is 0 Å². The Balaban J connectivity index is 2.25. The molecule has 0 heterocycles. The van der Waals surface area contributed by atoms with Gasteiger partial charge in [-0.2, -0.15) is 4.72 Å². The van der Waals surface area contributed by atoms with E-state index in [9.17, 15) is 17.6 Å². The summed E-state index contributed by atoms with van der Waals surface area (Å²) in [6.07, 6.45) is 0. The number of hydrogen-bond donors (Lipinski definition) is 1. The van der Waals surface area contributed by atoms with Gasteiger partial charge in [-0.15, -0.1) is 0 Å². The molecule has 0 aliphatic carbocycles. The number of carbonyl (C=O) groups is 1. The minimum atomic E-state index is -3.98. The summed E-state index contributed by atoms with van der Waals surface area (Å²) in [6, 6.07) is 11.2. The molecule has 2 aromatic rings. The molecule has 0 amide bonds. The van der Waals surface area contributed by atoms with E-state index in [0.717, 1.165) is 0 Å². The number of esters is 1. The maximum Gasteiger partial charge on any atom is 0.328 e. The van der Waals surface area contributed by atoms with Gasteiger partial charge in [0.2, 0.25) is 10.0 Å². The van der Waals surface area contributed by atoms with Crippen molar-refractivity contribution in [3.63, 3.8) is 0 Å². The zero-order chi connectivity index (χ0) is 17.7. The van der Waals surface area contributed by atoms with E-state index in [0.29, 0.717) is 10.0 Å². The first-order chi connectivity index (χ1) is 11.3. The lowest BCUT2D eigenvalue weighted by atomic mass is 10.1. The lowest BCUT2D eigenvalue weighted by Gasteiger charge is -2.17. The van der Waals surface area contributed by atoms with Crippen molar-refractivity contribution < 1.29 is 22.3 Å². The lowest BCUT2D eigenvalue weighted by Crippen LogP contribution is -2.35. The van der Waals surface area contributed by atoms with Gasteiger partial charge in [0.1, 0.15) is 11.9 Å². The summed E-state index contributed by atoms with van der Waals surface area (Å²) in [5, 5.41) is 0. The number of benzene rings is 2. The van der Waals surface area contributed by atoms with E-state index in [1.807, 2.05) is 0 Å². The van der Waals surface area contributed by atoms with E-state index < -0.39 is 33.6 Å². The van der Waals surface area contributed by atoms with Crippen molar-refractivity contribution in [1.82, 2.24) is 4.72 Å². The Hall–Kier alpha value is -1.77. The van der Waals surface area contributed by atoms with Crippen LogP contribution in [0.4, 0.5) is 4.39 Å². The van der Waals surface area contributed by atoms with Gasteiger partial charge in [-0.3, -0.25) is 0 Å². The summed E-state index contributed by atoms with van der Waals surface area (Å²) in [5.41, 5.74) is 0.437. The minimum Gasteiger partial charge on any atom is -0.468 e.